The van der Waals surface area contributed by atoms with E-state index >= 15 is 0 Å². The molecule has 0 N–H and O–H groups in total. The van der Waals surface area contributed by atoms with E-state index in [4.69, 9.17) is 5.26 Å². The molecule has 0 atom stereocenters. The molecule has 0 spiro atoms. The lowest BCUT2D eigenvalue weighted by Gasteiger charge is -2.20. The Morgan fingerprint density at radius 2 is 2.00 bits per heavy atom. The first-order valence-corrected chi connectivity index (χ1v) is 5.87. The molecule has 0 amide bonds. The third-order valence-corrected chi connectivity index (χ3v) is 2.86. The molecule has 0 aliphatic carbocycles. The second kappa shape index (κ2) is 5.14. The molecule has 2 nitrogen and oxygen atoms in total. The Morgan fingerprint density at radius 1 is 1.35 bits per heavy atom. The van der Waals surface area contributed by atoms with Gasteiger partial charge in [-0.1, -0.05) is 39.0 Å². The Morgan fingerprint density at radius 3 is 2.47 bits per heavy atom. The number of hydrogen-bond acceptors (Lipinski definition) is 2. The number of Topliss-reactive ketones (excluding diaryl/α,β-unsaturated/α-hetero) is 1. The van der Waals surface area contributed by atoms with Gasteiger partial charge in [-0.05, 0) is 23.5 Å². The number of carbonyl (C=O) groups excluding carboxylic acids is 1. The van der Waals surface area contributed by atoms with Gasteiger partial charge in [-0.25, -0.2) is 0 Å². The number of nitrogens with zero attached hydrogens (tertiary/aromatic N) is 1. The number of rotatable bonds is 3. The molecule has 1 aromatic rings. The maximum atomic E-state index is 11.8. The van der Waals surface area contributed by atoms with Crippen LogP contribution in [0.2, 0.25) is 0 Å². The molecule has 0 bridgehead atoms. The molecule has 0 aliphatic heterocycles. The molecule has 0 radical (unpaired) electrons. The van der Waals surface area contributed by atoms with Crippen molar-refractivity contribution >= 4 is 5.78 Å². The van der Waals surface area contributed by atoms with Crippen LogP contribution in [0.5, 0.6) is 0 Å². The monoisotopic (exact) mass is 229 g/mol. The van der Waals surface area contributed by atoms with E-state index < -0.39 is 0 Å². The highest BCUT2D eigenvalue weighted by Gasteiger charge is 2.16. The smallest absolute Gasteiger partial charge is 0.164 e. The summed E-state index contributed by atoms with van der Waals surface area (Å²) in [6.45, 7) is 8.41. The highest BCUT2D eigenvalue weighted by Crippen LogP contribution is 2.24. The van der Waals surface area contributed by atoms with Crippen LogP contribution in [0.3, 0.4) is 0 Å². The molecule has 90 valence electrons. The number of carbonyl (C=O) groups is 1. The second-order valence-electron chi connectivity index (χ2n) is 5.36. The minimum absolute atomic E-state index is 0.0597. The van der Waals surface area contributed by atoms with Crippen LogP contribution in [0.25, 0.3) is 0 Å². The molecule has 0 saturated heterocycles. The van der Waals surface area contributed by atoms with Gasteiger partial charge in [0.1, 0.15) is 0 Å². The van der Waals surface area contributed by atoms with Gasteiger partial charge in [0.25, 0.3) is 0 Å². The van der Waals surface area contributed by atoms with Crippen molar-refractivity contribution in [3.8, 4) is 6.07 Å². The lowest BCUT2D eigenvalue weighted by Crippen LogP contribution is -2.12. The van der Waals surface area contributed by atoms with Gasteiger partial charge in [-0.15, -0.1) is 0 Å². The zero-order valence-electron chi connectivity index (χ0n) is 11.0. The second-order valence-corrected chi connectivity index (χ2v) is 5.36. The molecule has 1 rings (SSSR count). The van der Waals surface area contributed by atoms with Gasteiger partial charge >= 0.3 is 0 Å². The minimum atomic E-state index is 0.0597. The molecule has 0 heterocycles. The van der Waals surface area contributed by atoms with E-state index in [9.17, 15) is 4.79 Å². The minimum Gasteiger partial charge on any atom is -0.294 e. The van der Waals surface area contributed by atoms with E-state index in [1.54, 1.807) is 0 Å². The summed E-state index contributed by atoms with van der Waals surface area (Å²) >= 11 is 0. The fourth-order valence-electron chi connectivity index (χ4n) is 1.75. The van der Waals surface area contributed by atoms with Crippen molar-refractivity contribution in [3.63, 3.8) is 0 Å². The summed E-state index contributed by atoms with van der Waals surface area (Å²) in [5.41, 5.74) is 3.07. The Kier molecular flexibility index (Phi) is 4.07. The summed E-state index contributed by atoms with van der Waals surface area (Å²) in [5.74, 6) is 0.0597. The fraction of sp³-hybridized carbons (Fsp3) is 0.467. The number of ketones is 1. The zero-order chi connectivity index (χ0) is 13.1. The number of benzene rings is 1. The maximum Gasteiger partial charge on any atom is 0.164 e. The molecule has 2 heteroatoms. The lowest BCUT2D eigenvalue weighted by atomic mass is 9.85. The van der Waals surface area contributed by atoms with Crippen LogP contribution in [0.4, 0.5) is 0 Å². The summed E-state index contributed by atoms with van der Waals surface area (Å²) < 4.78 is 0. The average molecular weight is 229 g/mol. The van der Waals surface area contributed by atoms with Crippen LogP contribution in [-0.2, 0) is 5.41 Å². The van der Waals surface area contributed by atoms with Gasteiger partial charge in [0.15, 0.2) is 5.78 Å². The van der Waals surface area contributed by atoms with Crippen LogP contribution in [-0.4, -0.2) is 5.78 Å². The van der Waals surface area contributed by atoms with Crippen molar-refractivity contribution in [1.82, 2.24) is 0 Å². The van der Waals surface area contributed by atoms with E-state index in [1.807, 2.05) is 25.1 Å². The van der Waals surface area contributed by atoms with Crippen LogP contribution < -0.4 is 0 Å². The Hall–Kier alpha value is -1.62. The van der Waals surface area contributed by atoms with Crippen LogP contribution in [0.1, 0.15) is 55.1 Å². The Bertz CT molecular complexity index is 461. The standard InChI is InChI=1S/C15H19NO/c1-11-10-12(15(2,3)4)7-8-13(11)14(17)6-5-9-16/h7-8,10H,5-6H2,1-4H3. The van der Waals surface area contributed by atoms with Crippen LogP contribution >= 0.6 is 0 Å². The molecular weight excluding hydrogens is 210 g/mol. The quantitative estimate of drug-likeness (QED) is 0.740. The fourth-order valence-corrected chi connectivity index (χ4v) is 1.75. The highest BCUT2D eigenvalue weighted by molar-refractivity contribution is 5.97. The van der Waals surface area contributed by atoms with Gasteiger partial charge in [0.05, 0.1) is 6.07 Å². The van der Waals surface area contributed by atoms with E-state index in [1.165, 1.54) is 5.56 Å². The van der Waals surface area contributed by atoms with E-state index in [0.717, 1.165) is 11.1 Å². The van der Waals surface area contributed by atoms with E-state index in [2.05, 4.69) is 26.8 Å². The first-order valence-electron chi connectivity index (χ1n) is 5.87. The normalized spacial score (nSPS) is 11.0. The third-order valence-electron chi connectivity index (χ3n) is 2.86. The Balaban J connectivity index is 2.99. The maximum absolute atomic E-state index is 11.8. The third kappa shape index (κ3) is 3.42. The lowest BCUT2D eigenvalue weighted by molar-refractivity contribution is 0.0983. The molecule has 0 unspecified atom stereocenters. The summed E-state index contributed by atoms with van der Waals surface area (Å²) in [6, 6.07) is 7.96. The Labute approximate surface area is 103 Å². The molecule has 0 aliphatic rings. The molecule has 1 aromatic carbocycles. The van der Waals surface area contributed by atoms with Crippen molar-refractivity contribution in [1.29, 1.82) is 5.26 Å². The SMILES string of the molecule is Cc1cc(C(C)(C)C)ccc1C(=O)CCC#N. The molecular formula is C15H19NO. The van der Waals surface area contributed by atoms with Crippen molar-refractivity contribution in [2.24, 2.45) is 0 Å². The average Bonchev–Trinajstić information content (AvgIpc) is 2.24. The van der Waals surface area contributed by atoms with Gasteiger partial charge in [0, 0.05) is 18.4 Å². The summed E-state index contributed by atoms with van der Waals surface area (Å²) in [7, 11) is 0. The van der Waals surface area contributed by atoms with Gasteiger partial charge in [0.2, 0.25) is 0 Å². The van der Waals surface area contributed by atoms with Crippen LogP contribution in [0, 0.1) is 18.3 Å². The van der Waals surface area contributed by atoms with Crippen molar-refractivity contribution in [3.05, 3.63) is 34.9 Å². The van der Waals surface area contributed by atoms with Gasteiger partial charge < -0.3 is 0 Å². The first kappa shape index (κ1) is 13.4. The summed E-state index contributed by atoms with van der Waals surface area (Å²) in [5, 5.41) is 8.48. The van der Waals surface area contributed by atoms with E-state index in [-0.39, 0.29) is 11.2 Å². The van der Waals surface area contributed by atoms with Gasteiger partial charge in [-0.3, -0.25) is 4.79 Å². The topological polar surface area (TPSA) is 40.9 Å². The largest absolute Gasteiger partial charge is 0.294 e. The van der Waals surface area contributed by atoms with Crippen LogP contribution in [0.15, 0.2) is 18.2 Å². The summed E-state index contributed by atoms with van der Waals surface area (Å²) in [4.78, 5) is 11.8. The zero-order valence-corrected chi connectivity index (χ0v) is 11.0. The summed E-state index contributed by atoms with van der Waals surface area (Å²) in [6.07, 6.45) is 0.603. The van der Waals surface area contributed by atoms with E-state index in [0.29, 0.717) is 12.8 Å². The number of hydrogen-bond donors (Lipinski definition) is 0. The number of nitriles is 1. The molecule has 0 fully saturated rings. The first-order chi connectivity index (χ1) is 7.86. The predicted octanol–water partition coefficient (Wildman–Crippen LogP) is 3.78. The predicted molar refractivity (Wildman–Crippen MR) is 69.1 cm³/mol. The number of aryl methyl sites for hydroxylation is 1. The van der Waals surface area contributed by atoms with Crippen molar-refractivity contribution in [2.75, 3.05) is 0 Å². The van der Waals surface area contributed by atoms with Crippen molar-refractivity contribution < 1.29 is 4.79 Å². The van der Waals surface area contributed by atoms with Gasteiger partial charge in [-0.2, -0.15) is 5.26 Å². The molecule has 0 aromatic heterocycles. The highest BCUT2D eigenvalue weighted by atomic mass is 16.1. The molecule has 17 heavy (non-hydrogen) atoms. The van der Waals surface area contributed by atoms with Crippen molar-refractivity contribution in [2.45, 2.75) is 46.0 Å². The molecule has 0 saturated carbocycles.